The molecule has 0 saturated carbocycles. The van der Waals surface area contributed by atoms with Crippen LogP contribution < -0.4 is 14.8 Å². The van der Waals surface area contributed by atoms with Crippen molar-refractivity contribution in [3.63, 3.8) is 0 Å². The van der Waals surface area contributed by atoms with Crippen LogP contribution in [-0.2, 0) is 4.79 Å². The Hall–Kier alpha value is -3.35. The monoisotopic (exact) mass is 338 g/mol. The van der Waals surface area contributed by atoms with E-state index in [9.17, 15) is 4.79 Å². The molecule has 1 heterocycles. The van der Waals surface area contributed by atoms with E-state index in [0.717, 1.165) is 5.69 Å². The summed E-state index contributed by atoms with van der Waals surface area (Å²) in [6.45, 7) is 2.29. The number of carbonyl (C=O) groups is 1. The third kappa shape index (κ3) is 4.14. The summed E-state index contributed by atoms with van der Waals surface area (Å²) in [4.78, 5) is 16.2. The van der Waals surface area contributed by atoms with Gasteiger partial charge in [0.15, 0.2) is 18.1 Å². The Bertz CT molecular complexity index is 834. The molecule has 0 aliphatic heterocycles. The van der Waals surface area contributed by atoms with E-state index in [-0.39, 0.29) is 12.5 Å². The summed E-state index contributed by atoms with van der Waals surface area (Å²) in [7, 11) is 0. The van der Waals surface area contributed by atoms with Crippen molar-refractivity contribution in [1.82, 2.24) is 14.8 Å². The van der Waals surface area contributed by atoms with Gasteiger partial charge in [0.05, 0.1) is 18.0 Å². The zero-order valence-electron chi connectivity index (χ0n) is 13.8. The quantitative estimate of drug-likeness (QED) is 0.716. The van der Waals surface area contributed by atoms with Crippen molar-refractivity contribution in [2.75, 3.05) is 18.5 Å². The largest absolute Gasteiger partial charge is 0.490 e. The molecule has 128 valence electrons. The molecule has 3 aromatic rings. The molecule has 3 rings (SSSR count). The van der Waals surface area contributed by atoms with E-state index >= 15 is 0 Å². The number of rotatable bonds is 7. The summed E-state index contributed by atoms with van der Waals surface area (Å²) in [5, 5.41) is 6.91. The summed E-state index contributed by atoms with van der Waals surface area (Å²) < 4.78 is 12.6. The van der Waals surface area contributed by atoms with Crippen LogP contribution >= 0.6 is 0 Å². The molecule has 0 saturated heterocycles. The molecular formula is C18H18N4O3. The minimum absolute atomic E-state index is 0.129. The van der Waals surface area contributed by atoms with Crippen molar-refractivity contribution >= 4 is 11.6 Å². The standard InChI is InChI=1S/C18H18N4O3/c1-2-24-16-9-5-6-10-17(16)25-11-18(23)21-14-7-3-4-8-15(14)22-13-19-12-20-22/h3-10,12-13H,2,11H2,1H3,(H,21,23). The molecule has 25 heavy (non-hydrogen) atoms. The molecule has 0 unspecified atom stereocenters. The molecular weight excluding hydrogens is 320 g/mol. The molecule has 2 aromatic carbocycles. The predicted molar refractivity (Wildman–Crippen MR) is 93.1 cm³/mol. The molecule has 7 nitrogen and oxygen atoms in total. The van der Waals surface area contributed by atoms with E-state index in [0.29, 0.717) is 23.8 Å². The zero-order chi connectivity index (χ0) is 17.5. The van der Waals surface area contributed by atoms with Crippen molar-refractivity contribution in [2.24, 2.45) is 0 Å². The average Bonchev–Trinajstić information content (AvgIpc) is 3.16. The Labute approximate surface area is 145 Å². The normalized spacial score (nSPS) is 10.3. The van der Waals surface area contributed by atoms with Crippen LogP contribution in [0.25, 0.3) is 5.69 Å². The third-order valence-corrected chi connectivity index (χ3v) is 3.35. The van der Waals surface area contributed by atoms with Crippen molar-refractivity contribution in [2.45, 2.75) is 6.92 Å². The number of benzene rings is 2. The van der Waals surface area contributed by atoms with Crippen LogP contribution in [0.1, 0.15) is 6.92 Å². The maximum atomic E-state index is 12.3. The lowest BCUT2D eigenvalue weighted by atomic mass is 10.2. The second-order valence-corrected chi connectivity index (χ2v) is 5.07. The van der Waals surface area contributed by atoms with Crippen molar-refractivity contribution in [1.29, 1.82) is 0 Å². The maximum Gasteiger partial charge on any atom is 0.262 e. The highest BCUT2D eigenvalue weighted by Gasteiger charge is 2.11. The predicted octanol–water partition coefficient (Wildman–Crippen LogP) is 2.68. The van der Waals surface area contributed by atoms with Crippen molar-refractivity contribution in [3.05, 3.63) is 61.2 Å². The third-order valence-electron chi connectivity index (χ3n) is 3.35. The van der Waals surface area contributed by atoms with Gasteiger partial charge in [0, 0.05) is 0 Å². The molecule has 7 heteroatoms. The fourth-order valence-electron chi connectivity index (χ4n) is 2.29. The van der Waals surface area contributed by atoms with E-state index in [1.165, 1.54) is 6.33 Å². The van der Waals surface area contributed by atoms with Gasteiger partial charge in [-0.05, 0) is 31.2 Å². The summed E-state index contributed by atoms with van der Waals surface area (Å²) in [6, 6.07) is 14.6. The fourth-order valence-corrected chi connectivity index (χ4v) is 2.29. The molecule has 0 radical (unpaired) electrons. The number of amides is 1. The number of carbonyl (C=O) groups excluding carboxylic acids is 1. The molecule has 1 amide bonds. The number of para-hydroxylation sites is 4. The lowest BCUT2D eigenvalue weighted by Gasteiger charge is -2.13. The Balaban J connectivity index is 1.66. The lowest BCUT2D eigenvalue weighted by Crippen LogP contribution is -2.21. The highest BCUT2D eigenvalue weighted by atomic mass is 16.5. The maximum absolute atomic E-state index is 12.3. The highest BCUT2D eigenvalue weighted by molar-refractivity contribution is 5.93. The number of nitrogens with one attached hydrogen (secondary N) is 1. The first-order valence-corrected chi connectivity index (χ1v) is 7.86. The average molecular weight is 338 g/mol. The van der Waals surface area contributed by atoms with E-state index in [1.54, 1.807) is 29.2 Å². The van der Waals surface area contributed by atoms with Gasteiger partial charge in [-0.1, -0.05) is 24.3 Å². The Morgan fingerprint density at radius 1 is 1.08 bits per heavy atom. The van der Waals surface area contributed by atoms with Gasteiger partial charge in [-0.3, -0.25) is 4.79 Å². The first-order valence-electron chi connectivity index (χ1n) is 7.86. The second-order valence-electron chi connectivity index (χ2n) is 5.07. The topological polar surface area (TPSA) is 78.3 Å². The number of anilines is 1. The first-order chi connectivity index (χ1) is 12.3. The van der Waals surface area contributed by atoms with Crippen LogP contribution in [0, 0.1) is 0 Å². The first kappa shape index (κ1) is 16.5. The molecule has 1 aromatic heterocycles. The number of aromatic nitrogens is 3. The van der Waals surface area contributed by atoms with Crippen molar-refractivity contribution < 1.29 is 14.3 Å². The number of hydrogen-bond acceptors (Lipinski definition) is 5. The molecule has 0 spiro atoms. The van der Waals surface area contributed by atoms with E-state index in [2.05, 4.69) is 15.4 Å². The van der Waals surface area contributed by atoms with Gasteiger partial charge in [-0.25, -0.2) is 9.67 Å². The van der Waals surface area contributed by atoms with Gasteiger partial charge in [-0.2, -0.15) is 5.10 Å². The summed E-state index contributed by atoms with van der Waals surface area (Å²) >= 11 is 0. The number of nitrogens with zero attached hydrogens (tertiary/aromatic N) is 3. The van der Waals surface area contributed by atoms with E-state index < -0.39 is 0 Å². The number of ether oxygens (including phenoxy) is 2. The molecule has 0 atom stereocenters. The van der Waals surface area contributed by atoms with Crippen LogP contribution in [-0.4, -0.2) is 33.9 Å². The van der Waals surface area contributed by atoms with E-state index in [4.69, 9.17) is 9.47 Å². The molecule has 0 aliphatic carbocycles. The van der Waals surface area contributed by atoms with Crippen LogP contribution in [0.3, 0.4) is 0 Å². The lowest BCUT2D eigenvalue weighted by molar-refractivity contribution is -0.118. The van der Waals surface area contributed by atoms with Gasteiger partial charge in [0.2, 0.25) is 0 Å². The van der Waals surface area contributed by atoms with Gasteiger partial charge in [0.25, 0.3) is 5.91 Å². The van der Waals surface area contributed by atoms with E-state index in [1.807, 2.05) is 37.3 Å². The molecule has 0 fully saturated rings. The summed E-state index contributed by atoms with van der Waals surface area (Å²) in [6.07, 6.45) is 3.01. The molecule has 0 aliphatic rings. The van der Waals surface area contributed by atoms with Gasteiger partial charge < -0.3 is 14.8 Å². The Morgan fingerprint density at radius 2 is 1.80 bits per heavy atom. The van der Waals surface area contributed by atoms with Crippen LogP contribution in [0.5, 0.6) is 11.5 Å². The minimum atomic E-state index is -0.279. The number of hydrogen-bond donors (Lipinski definition) is 1. The summed E-state index contributed by atoms with van der Waals surface area (Å²) in [5.74, 6) is 0.865. The van der Waals surface area contributed by atoms with Gasteiger partial charge >= 0.3 is 0 Å². The van der Waals surface area contributed by atoms with Crippen molar-refractivity contribution in [3.8, 4) is 17.2 Å². The summed E-state index contributed by atoms with van der Waals surface area (Å²) in [5.41, 5.74) is 1.35. The van der Waals surface area contributed by atoms with Crippen LogP contribution in [0.2, 0.25) is 0 Å². The smallest absolute Gasteiger partial charge is 0.262 e. The SMILES string of the molecule is CCOc1ccccc1OCC(=O)Nc1ccccc1-n1cncn1. The zero-order valence-corrected chi connectivity index (χ0v) is 13.8. The molecule has 1 N–H and O–H groups in total. The second kappa shape index (κ2) is 7.96. The van der Waals surface area contributed by atoms with Crippen LogP contribution in [0.4, 0.5) is 5.69 Å². The Morgan fingerprint density at radius 3 is 2.52 bits per heavy atom. The molecule has 0 bridgehead atoms. The Kier molecular flexibility index (Phi) is 5.26. The van der Waals surface area contributed by atoms with Gasteiger partial charge in [0.1, 0.15) is 12.7 Å². The van der Waals surface area contributed by atoms with Crippen LogP contribution in [0.15, 0.2) is 61.2 Å². The van der Waals surface area contributed by atoms with Gasteiger partial charge in [-0.15, -0.1) is 0 Å². The fraction of sp³-hybridized carbons (Fsp3) is 0.167. The highest BCUT2D eigenvalue weighted by Crippen LogP contribution is 2.26. The minimum Gasteiger partial charge on any atom is -0.490 e.